The predicted molar refractivity (Wildman–Crippen MR) is 124 cm³/mol. The molecule has 3 N–H and O–H groups in total. The van der Waals surface area contributed by atoms with Gasteiger partial charge in [0.1, 0.15) is 5.69 Å². The maximum Gasteiger partial charge on any atom is 0.260 e. The van der Waals surface area contributed by atoms with Crippen molar-refractivity contribution in [2.24, 2.45) is 11.3 Å². The molecule has 2 aromatic heterocycles. The predicted octanol–water partition coefficient (Wildman–Crippen LogP) is 4.60. The Labute approximate surface area is 191 Å². The second-order valence-corrected chi connectivity index (χ2v) is 10.4. The van der Waals surface area contributed by atoms with Crippen LogP contribution in [0, 0.1) is 11.3 Å². The highest BCUT2D eigenvalue weighted by Crippen LogP contribution is 2.68. The van der Waals surface area contributed by atoms with Crippen LogP contribution in [-0.2, 0) is 11.2 Å². The quantitative estimate of drug-likeness (QED) is 0.541. The lowest BCUT2D eigenvalue weighted by Gasteiger charge is -2.56. The van der Waals surface area contributed by atoms with Gasteiger partial charge in [0, 0.05) is 53.2 Å². The molecule has 1 aromatic carbocycles. The van der Waals surface area contributed by atoms with Crippen molar-refractivity contribution < 1.29 is 13.6 Å². The number of aromatic nitrogens is 3. The molecular weight excluding hydrogens is 424 g/mol. The Morgan fingerprint density at radius 3 is 2.79 bits per heavy atom. The number of amides is 1. The van der Waals surface area contributed by atoms with E-state index in [0.29, 0.717) is 36.4 Å². The van der Waals surface area contributed by atoms with E-state index in [0.717, 1.165) is 53.9 Å². The molecule has 1 unspecified atom stereocenters. The third-order valence-corrected chi connectivity index (χ3v) is 8.24. The van der Waals surface area contributed by atoms with Crippen LogP contribution in [0.3, 0.4) is 0 Å². The number of fused-ring (bicyclic) bond motifs is 1. The monoisotopic (exact) mass is 453 g/mol. The zero-order chi connectivity index (χ0) is 23.0. The van der Waals surface area contributed by atoms with Crippen LogP contribution >= 0.6 is 0 Å². The number of halogens is 2. The summed E-state index contributed by atoms with van der Waals surface area (Å²) in [6.45, 7) is 3.62. The molecule has 174 valence electrons. The van der Waals surface area contributed by atoms with Crippen molar-refractivity contribution in [2.75, 3.05) is 25.0 Å². The maximum absolute atomic E-state index is 14.8. The number of nitrogens with one attached hydrogen (secondary N) is 3. The Morgan fingerprint density at radius 1 is 1.24 bits per heavy atom. The Bertz CT molecular complexity index is 1240. The molecule has 2 bridgehead atoms. The van der Waals surface area contributed by atoms with Crippen molar-refractivity contribution in [3.8, 4) is 11.4 Å². The number of piperidine rings is 1. The minimum absolute atomic E-state index is 0.115. The van der Waals surface area contributed by atoms with E-state index in [1.54, 1.807) is 11.8 Å². The first-order chi connectivity index (χ1) is 15.8. The third kappa shape index (κ3) is 3.06. The largest absolute Gasteiger partial charge is 0.353 e. The van der Waals surface area contributed by atoms with Gasteiger partial charge in [0.15, 0.2) is 0 Å². The number of nitrogens with zero attached hydrogens (tertiary/aromatic N) is 2. The van der Waals surface area contributed by atoms with Crippen LogP contribution in [0.25, 0.3) is 22.3 Å². The standard InChI is InChI=1S/C25H29F2N5O/c1-24-12-17(25(24,26)27)22-20(13-24)30-31-23(22)19-10-15-3-4-16(11-18(15)29-19)32(2)21(33)9-14-5-7-28-8-6-14/h3-4,10-11,14,17,28-29H,5-9,12-13H2,1-2H3,(H,30,31)/t17?,24-/m0/s1. The van der Waals surface area contributed by atoms with Gasteiger partial charge < -0.3 is 15.2 Å². The van der Waals surface area contributed by atoms with Gasteiger partial charge in [0.25, 0.3) is 5.92 Å². The highest BCUT2D eigenvalue weighted by atomic mass is 19.3. The normalized spacial score (nSPS) is 26.1. The Kier molecular flexibility index (Phi) is 4.50. The van der Waals surface area contributed by atoms with E-state index in [1.807, 2.05) is 31.3 Å². The first-order valence-corrected chi connectivity index (χ1v) is 11.8. The Morgan fingerprint density at radius 2 is 2.03 bits per heavy atom. The summed E-state index contributed by atoms with van der Waals surface area (Å²) >= 11 is 0. The summed E-state index contributed by atoms with van der Waals surface area (Å²) in [6.07, 6.45) is 3.44. The fourth-order valence-corrected chi connectivity index (χ4v) is 6.03. The van der Waals surface area contributed by atoms with Crippen LogP contribution in [-0.4, -0.2) is 47.1 Å². The average Bonchev–Trinajstić information content (AvgIpc) is 3.41. The summed E-state index contributed by atoms with van der Waals surface area (Å²) in [4.78, 5) is 17.9. The second-order valence-electron chi connectivity index (χ2n) is 10.4. The summed E-state index contributed by atoms with van der Waals surface area (Å²) in [7, 11) is 1.81. The molecule has 7 rings (SSSR count). The average molecular weight is 454 g/mol. The lowest BCUT2D eigenvalue weighted by molar-refractivity contribution is -0.220. The fourth-order valence-electron chi connectivity index (χ4n) is 6.03. The van der Waals surface area contributed by atoms with Crippen molar-refractivity contribution in [1.82, 2.24) is 20.5 Å². The second kappa shape index (κ2) is 7.13. The molecule has 1 aliphatic heterocycles. The highest BCUT2D eigenvalue weighted by Gasteiger charge is 2.69. The molecule has 3 aliphatic carbocycles. The highest BCUT2D eigenvalue weighted by molar-refractivity contribution is 5.96. The molecule has 6 nitrogen and oxygen atoms in total. The van der Waals surface area contributed by atoms with E-state index in [-0.39, 0.29) is 5.91 Å². The van der Waals surface area contributed by atoms with Crippen LogP contribution in [0.5, 0.6) is 0 Å². The zero-order valence-electron chi connectivity index (χ0n) is 19.0. The molecule has 33 heavy (non-hydrogen) atoms. The fraction of sp³-hybridized carbons (Fsp3) is 0.520. The first-order valence-electron chi connectivity index (χ1n) is 11.8. The smallest absolute Gasteiger partial charge is 0.260 e. The van der Waals surface area contributed by atoms with Gasteiger partial charge in [0.2, 0.25) is 5.91 Å². The van der Waals surface area contributed by atoms with Crippen LogP contribution in [0.4, 0.5) is 14.5 Å². The number of hydrogen-bond acceptors (Lipinski definition) is 3. The van der Waals surface area contributed by atoms with Crippen molar-refractivity contribution in [3.63, 3.8) is 0 Å². The minimum atomic E-state index is -2.70. The van der Waals surface area contributed by atoms with E-state index in [1.165, 1.54) is 0 Å². The van der Waals surface area contributed by atoms with Gasteiger partial charge in [0.05, 0.1) is 11.6 Å². The molecule has 8 heteroatoms. The molecule has 2 fully saturated rings. The van der Waals surface area contributed by atoms with Crippen LogP contribution in [0.2, 0.25) is 0 Å². The number of alkyl halides is 2. The number of rotatable bonds is 4. The number of benzene rings is 1. The van der Waals surface area contributed by atoms with Gasteiger partial charge in [-0.3, -0.25) is 9.89 Å². The van der Waals surface area contributed by atoms with Crippen LogP contribution < -0.4 is 10.2 Å². The number of H-pyrrole nitrogens is 2. The number of hydrogen-bond donors (Lipinski definition) is 3. The van der Waals surface area contributed by atoms with Crippen molar-refractivity contribution in [2.45, 2.75) is 50.9 Å². The topological polar surface area (TPSA) is 76.8 Å². The lowest BCUT2D eigenvalue weighted by atomic mass is 9.51. The molecule has 0 spiro atoms. The van der Waals surface area contributed by atoms with E-state index in [4.69, 9.17) is 0 Å². The number of anilines is 1. The van der Waals surface area contributed by atoms with Gasteiger partial charge in [-0.1, -0.05) is 13.0 Å². The minimum Gasteiger partial charge on any atom is -0.353 e. The van der Waals surface area contributed by atoms with Crippen molar-refractivity contribution in [1.29, 1.82) is 0 Å². The van der Waals surface area contributed by atoms with E-state index in [9.17, 15) is 13.6 Å². The molecule has 1 saturated heterocycles. The van der Waals surface area contributed by atoms with Crippen molar-refractivity contribution in [3.05, 3.63) is 35.5 Å². The SMILES string of the molecule is CN(C(=O)CC1CCNCC1)c1ccc2cc(-c3n[nH]c4c3C3C[C@@](C)(C4)C3(F)F)[nH]c2c1. The van der Waals surface area contributed by atoms with Gasteiger partial charge in [-0.2, -0.15) is 5.10 Å². The number of aromatic amines is 2. The zero-order valence-corrected chi connectivity index (χ0v) is 19.0. The Hall–Kier alpha value is -2.74. The Balaban J connectivity index is 1.27. The molecule has 2 atom stereocenters. The van der Waals surface area contributed by atoms with Gasteiger partial charge >= 0.3 is 0 Å². The molecule has 3 aromatic rings. The van der Waals surface area contributed by atoms with E-state index in [2.05, 4.69) is 20.5 Å². The van der Waals surface area contributed by atoms with Crippen molar-refractivity contribution >= 4 is 22.5 Å². The van der Waals surface area contributed by atoms with Crippen LogP contribution in [0.1, 0.15) is 49.8 Å². The number of carbonyl (C=O) groups excluding carboxylic acids is 1. The van der Waals surface area contributed by atoms with Crippen LogP contribution in [0.15, 0.2) is 24.3 Å². The van der Waals surface area contributed by atoms with E-state index < -0.39 is 17.3 Å². The molecule has 1 amide bonds. The molecule has 0 radical (unpaired) electrons. The summed E-state index contributed by atoms with van der Waals surface area (Å²) in [5, 5.41) is 11.7. The summed E-state index contributed by atoms with van der Waals surface area (Å²) in [5.41, 5.74) is 3.53. The molecule has 1 saturated carbocycles. The summed E-state index contributed by atoms with van der Waals surface area (Å²) in [5.74, 6) is -2.93. The van der Waals surface area contributed by atoms with E-state index >= 15 is 0 Å². The number of carbonyl (C=O) groups is 1. The summed E-state index contributed by atoms with van der Waals surface area (Å²) in [6, 6.07) is 7.81. The first kappa shape index (κ1) is 20.8. The lowest BCUT2D eigenvalue weighted by Crippen LogP contribution is -2.59. The summed E-state index contributed by atoms with van der Waals surface area (Å²) < 4.78 is 29.6. The molecule has 4 aliphatic rings. The maximum atomic E-state index is 14.8. The molecule has 3 heterocycles. The van der Waals surface area contributed by atoms with Gasteiger partial charge in [-0.15, -0.1) is 0 Å². The molecular formula is C25H29F2N5O. The van der Waals surface area contributed by atoms with Gasteiger partial charge in [-0.05, 0) is 56.5 Å². The third-order valence-electron chi connectivity index (χ3n) is 8.24. The van der Waals surface area contributed by atoms with Gasteiger partial charge in [-0.25, -0.2) is 8.78 Å².